The molecule has 0 saturated heterocycles. The summed E-state index contributed by atoms with van der Waals surface area (Å²) in [5.41, 5.74) is 1.30. The number of amides is 1. The van der Waals surface area contributed by atoms with Crippen LogP contribution in [0.3, 0.4) is 0 Å². The quantitative estimate of drug-likeness (QED) is 0.824. The number of nitrogens with one attached hydrogen (secondary N) is 1. The first kappa shape index (κ1) is 19.3. The predicted molar refractivity (Wildman–Crippen MR) is 110 cm³/mol. The van der Waals surface area contributed by atoms with Crippen LogP contribution in [0, 0.1) is 0 Å². The number of fused-ring (bicyclic) bond motifs is 2. The van der Waals surface area contributed by atoms with Crippen molar-refractivity contribution in [3.8, 4) is 11.5 Å². The van der Waals surface area contributed by atoms with Gasteiger partial charge in [0.25, 0.3) is 15.9 Å². The first-order valence-electron chi connectivity index (χ1n) is 9.33. The molecule has 0 spiro atoms. The Morgan fingerprint density at radius 3 is 2.66 bits per heavy atom. The predicted octanol–water partition coefficient (Wildman–Crippen LogP) is 3.05. The number of amidine groups is 1. The minimum absolute atomic E-state index is 0.0337. The van der Waals surface area contributed by atoms with E-state index in [0.717, 1.165) is 6.42 Å². The van der Waals surface area contributed by atoms with Crippen LogP contribution in [0.1, 0.15) is 30.6 Å². The highest BCUT2D eigenvalue weighted by atomic mass is 32.2. The number of hydrogen-bond acceptors (Lipinski definition) is 6. The molecule has 8 nitrogen and oxygen atoms in total. The van der Waals surface area contributed by atoms with E-state index in [4.69, 9.17) is 9.47 Å². The van der Waals surface area contributed by atoms with Gasteiger partial charge in [-0.15, -0.1) is 4.40 Å². The van der Waals surface area contributed by atoms with Crippen molar-refractivity contribution in [3.05, 3.63) is 42.0 Å². The maximum Gasteiger partial charge on any atom is 0.286 e. The topological polar surface area (TPSA) is 97.3 Å². The van der Waals surface area contributed by atoms with Crippen LogP contribution >= 0.6 is 0 Å². The summed E-state index contributed by atoms with van der Waals surface area (Å²) in [5.74, 6) is 1.18. The zero-order valence-electron chi connectivity index (χ0n) is 16.1. The fourth-order valence-corrected chi connectivity index (χ4v) is 4.63. The summed E-state index contributed by atoms with van der Waals surface area (Å²) in [6, 6.07) is 9.75. The van der Waals surface area contributed by atoms with Gasteiger partial charge in [-0.05, 0) is 43.7 Å². The maximum absolute atomic E-state index is 12.7. The molecule has 1 N–H and O–H groups in total. The van der Waals surface area contributed by atoms with Crippen molar-refractivity contribution in [2.24, 2.45) is 4.40 Å². The lowest BCUT2D eigenvalue weighted by Crippen LogP contribution is -2.34. The average molecular weight is 415 g/mol. The van der Waals surface area contributed by atoms with Gasteiger partial charge in [0.15, 0.2) is 11.5 Å². The van der Waals surface area contributed by atoms with Gasteiger partial charge < -0.3 is 19.7 Å². The molecule has 2 aliphatic rings. The SMILES string of the molecule is CCCN1C(C)=NS(=O)(=O)c2cc(C(=O)Nc3ccc4c(c3)OCCO4)ccc21. The summed E-state index contributed by atoms with van der Waals surface area (Å²) < 4.78 is 39.9. The van der Waals surface area contributed by atoms with E-state index in [1.807, 2.05) is 11.8 Å². The van der Waals surface area contributed by atoms with E-state index in [1.165, 1.54) is 6.07 Å². The first-order valence-corrected chi connectivity index (χ1v) is 10.8. The van der Waals surface area contributed by atoms with Gasteiger partial charge in [0, 0.05) is 23.9 Å². The number of carbonyl (C=O) groups is 1. The lowest BCUT2D eigenvalue weighted by molar-refractivity contribution is 0.102. The summed E-state index contributed by atoms with van der Waals surface area (Å²) in [5, 5.41) is 2.77. The largest absolute Gasteiger partial charge is 0.486 e. The minimum atomic E-state index is -3.85. The van der Waals surface area contributed by atoms with E-state index in [-0.39, 0.29) is 10.5 Å². The van der Waals surface area contributed by atoms with Crippen molar-refractivity contribution in [1.82, 2.24) is 0 Å². The molecule has 0 bridgehead atoms. The molecule has 2 aromatic rings. The number of hydrogen-bond donors (Lipinski definition) is 1. The fraction of sp³-hybridized carbons (Fsp3) is 0.300. The van der Waals surface area contributed by atoms with Crippen LogP contribution in [-0.4, -0.2) is 39.9 Å². The second-order valence-electron chi connectivity index (χ2n) is 6.76. The van der Waals surface area contributed by atoms with E-state index in [1.54, 1.807) is 37.3 Å². The lowest BCUT2D eigenvalue weighted by Gasteiger charge is -2.29. The zero-order chi connectivity index (χ0) is 20.6. The third-order valence-corrected chi connectivity index (χ3v) is 6.07. The standard InChI is InChI=1S/C20H21N3O5S/c1-3-8-23-13(2)22-29(25,26)19-11-14(4-6-16(19)23)20(24)21-15-5-7-17-18(12-15)28-10-9-27-17/h4-7,11-12H,3,8-10H2,1-2H3,(H,21,24). The van der Waals surface area contributed by atoms with Crippen LogP contribution in [-0.2, 0) is 10.0 Å². The molecular weight excluding hydrogens is 394 g/mol. The molecule has 2 heterocycles. The van der Waals surface area contributed by atoms with Gasteiger partial charge in [-0.25, -0.2) is 0 Å². The van der Waals surface area contributed by atoms with Crippen molar-refractivity contribution >= 4 is 33.1 Å². The lowest BCUT2D eigenvalue weighted by atomic mass is 10.1. The van der Waals surface area contributed by atoms with Crippen molar-refractivity contribution in [2.45, 2.75) is 25.2 Å². The van der Waals surface area contributed by atoms with E-state index in [9.17, 15) is 13.2 Å². The van der Waals surface area contributed by atoms with Crippen LogP contribution in [0.2, 0.25) is 0 Å². The van der Waals surface area contributed by atoms with Crippen molar-refractivity contribution < 1.29 is 22.7 Å². The summed E-state index contributed by atoms with van der Waals surface area (Å²) in [7, 11) is -3.85. The Hall–Kier alpha value is -3.07. The average Bonchev–Trinajstić information content (AvgIpc) is 2.70. The van der Waals surface area contributed by atoms with Crippen LogP contribution in [0.25, 0.3) is 0 Å². The Labute approximate surface area is 169 Å². The number of anilines is 2. The van der Waals surface area contributed by atoms with Crippen molar-refractivity contribution in [1.29, 1.82) is 0 Å². The van der Waals surface area contributed by atoms with Gasteiger partial charge in [-0.3, -0.25) is 4.79 Å². The smallest absolute Gasteiger partial charge is 0.286 e. The summed E-state index contributed by atoms with van der Waals surface area (Å²) >= 11 is 0. The molecule has 0 radical (unpaired) electrons. The third-order valence-electron chi connectivity index (χ3n) is 4.68. The normalized spacial score (nSPS) is 16.6. The number of benzene rings is 2. The zero-order valence-corrected chi connectivity index (χ0v) is 17.0. The van der Waals surface area contributed by atoms with E-state index < -0.39 is 15.9 Å². The third kappa shape index (κ3) is 3.65. The Morgan fingerprint density at radius 2 is 1.90 bits per heavy atom. The molecule has 2 aliphatic heterocycles. The van der Waals surface area contributed by atoms with Gasteiger partial charge >= 0.3 is 0 Å². The molecule has 9 heteroatoms. The van der Waals surface area contributed by atoms with E-state index in [0.29, 0.717) is 48.5 Å². The number of carbonyl (C=O) groups excluding carboxylic acids is 1. The van der Waals surface area contributed by atoms with E-state index >= 15 is 0 Å². The first-order chi connectivity index (χ1) is 13.9. The van der Waals surface area contributed by atoms with Crippen LogP contribution < -0.4 is 19.7 Å². The van der Waals surface area contributed by atoms with Crippen LogP contribution in [0.4, 0.5) is 11.4 Å². The minimum Gasteiger partial charge on any atom is -0.486 e. The molecule has 29 heavy (non-hydrogen) atoms. The molecule has 0 aromatic heterocycles. The van der Waals surface area contributed by atoms with Crippen LogP contribution in [0.15, 0.2) is 45.7 Å². The maximum atomic E-state index is 12.7. The molecule has 2 aromatic carbocycles. The van der Waals surface area contributed by atoms with Crippen LogP contribution in [0.5, 0.6) is 11.5 Å². The highest BCUT2D eigenvalue weighted by Crippen LogP contribution is 2.34. The van der Waals surface area contributed by atoms with Gasteiger partial charge in [0.05, 0.1) is 5.69 Å². The van der Waals surface area contributed by atoms with Crippen molar-refractivity contribution in [3.63, 3.8) is 0 Å². The molecule has 4 rings (SSSR count). The summed E-state index contributed by atoms with van der Waals surface area (Å²) in [6.45, 7) is 5.24. The number of nitrogens with zero attached hydrogens (tertiary/aromatic N) is 2. The number of rotatable bonds is 4. The highest BCUT2D eigenvalue weighted by Gasteiger charge is 2.29. The molecule has 152 valence electrons. The monoisotopic (exact) mass is 415 g/mol. The number of sulfonamides is 1. The molecule has 1 amide bonds. The molecule has 0 fully saturated rings. The molecular formula is C20H21N3O5S. The summed E-state index contributed by atoms with van der Waals surface area (Å²) in [4.78, 5) is 14.6. The van der Waals surface area contributed by atoms with Gasteiger partial charge in [-0.1, -0.05) is 6.92 Å². The highest BCUT2D eigenvalue weighted by molar-refractivity contribution is 7.90. The molecule has 0 unspecified atom stereocenters. The second-order valence-corrected chi connectivity index (χ2v) is 8.33. The Kier molecular flexibility index (Phi) is 4.91. The van der Waals surface area contributed by atoms with Gasteiger partial charge in [0.1, 0.15) is 23.9 Å². The second kappa shape index (κ2) is 7.40. The molecule has 0 saturated carbocycles. The van der Waals surface area contributed by atoms with Crippen molar-refractivity contribution in [2.75, 3.05) is 30.0 Å². The molecule has 0 aliphatic carbocycles. The fourth-order valence-electron chi connectivity index (χ4n) is 3.36. The van der Waals surface area contributed by atoms with Gasteiger partial charge in [-0.2, -0.15) is 8.42 Å². The number of ether oxygens (including phenoxy) is 2. The van der Waals surface area contributed by atoms with E-state index in [2.05, 4.69) is 9.71 Å². The Morgan fingerprint density at radius 1 is 1.14 bits per heavy atom. The summed E-state index contributed by atoms with van der Waals surface area (Å²) in [6.07, 6.45) is 0.832. The Bertz CT molecular complexity index is 1110. The Balaban J connectivity index is 1.63. The molecule has 0 atom stereocenters. The van der Waals surface area contributed by atoms with Gasteiger partial charge in [0.2, 0.25) is 0 Å².